The zero-order chi connectivity index (χ0) is 40.8. The lowest BCUT2D eigenvalue weighted by Crippen LogP contribution is -2.53. The van der Waals surface area contributed by atoms with Gasteiger partial charge in [0.25, 0.3) is 0 Å². The van der Waals surface area contributed by atoms with Gasteiger partial charge >= 0.3 is 29.9 Å². The van der Waals surface area contributed by atoms with Crippen molar-refractivity contribution in [1.82, 2.24) is 35.1 Å². The number of likely N-dealkylation sites (N-methyl/N-ethyl adjacent to an activating group) is 1. The van der Waals surface area contributed by atoms with Crippen molar-refractivity contribution in [1.29, 1.82) is 0 Å². The third-order valence-corrected chi connectivity index (χ3v) is 11.7. The van der Waals surface area contributed by atoms with Crippen LogP contribution in [-0.4, -0.2) is 201 Å². The highest BCUT2D eigenvalue weighted by atomic mass is 32.2. The van der Waals surface area contributed by atoms with E-state index < -0.39 is 29.9 Å². The van der Waals surface area contributed by atoms with Gasteiger partial charge in [-0.25, -0.2) is 4.79 Å². The average molecular weight is 807 g/mol. The second kappa shape index (κ2) is 21.7. The number of anilines is 1. The number of carbonyl (C=O) groups excluding carboxylic acids is 3. The van der Waals surface area contributed by atoms with Crippen molar-refractivity contribution in [3.05, 3.63) is 29.8 Å². The molecule has 0 spiro atoms. The fourth-order valence-corrected chi connectivity index (χ4v) is 8.86. The highest BCUT2D eigenvalue weighted by Gasteiger charge is 2.42. The molecule has 310 valence electrons. The van der Waals surface area contributed by atoms with Gasteiger partial charge < -0.3 is 41.3 Å². The third kappa shape index (κ3) is 14.9. The molecule has 0 saturated carbocycles. The molecule has 0 bridgehead atoms. The molecule has 1 aromatic rings. The Hall–Kier alpha value is -4.50. The molecule has 0 radical (unpaired) electrons. The van der Waals surface area contributed by atoms with Crippen LogP contribution in [0, 0.1) is 0 Å². The van der Waals surface area contributed by atoms with Crippen molar-refractivity contribution in [3.8, 4) is 0 Å². The van der Waals surface area contributed by atoms with Gasteiger partial charge in [0, 0.05) is 82.0 Å². The van der Waals surface area contributed by atoms with Gasteiger partial charge in [0.1, 0.15) is 0 Å². The van der Waals surface area contributed by atoms with Gasteiger partial charge in [0.15, 0.2) is 0 Å². The number of nitrogens with zero attached hydrogens (tertiary/aromatic N) is 5. The van der Waals surface area contributed by atoms with E-state index in [-0.39, 0.29) is 108 Å². The Morgan fingerprint density at radius 2 is 1.36 bits per heavy atom. The standard InChI is InChI=1S/C36H54N8O11S/c1-40(30(46)5-3-2-4-28-35-27(23-56-28)38-36(55)39-35)18-29(45)37-25-8-6-24(7-9-25)16-26-17-43(21-33(51)52)13-12-41(19-31(47)48)10-11-42(20-32(49)50)14-15-44(26)22-34(53)54/h6-9,26-28,35H,2-5,10-23H2,1H3,(H,37,45)(H,47,48)(H,49,50)(H,51,52)(H,53,54)(H2,38,39,55)/t26-,27-,28-,35-/m0/s1. The van der Waals surface area contributed by atoms with E-state index in [9.17, 15) is 54.0 Å². The molecule has 3 saturated heterocycles. The van der Waals surface area contributed by atoms with Crippen LogP contribution in [0.1, 0.15) is 31.2 Å². The van der Waals surface area contributed by atoms with Crippen molar-refractivity contribution in [2.75, 3.05) is 96.7 Å². The number of amides is 4. The first-order chi connectivity index (χ1) is 26.6. The molecule has 56 heavy (non-hydrogen) atoms. The van der Waals surface area contributed by atoms with E-state index in [0.717, 1.165) is 24.2 Å². The summed E-state index contributed by atoms with van der Waals surface area (Å²) in [6.07, 6.45) is 2.98. The highest BCUT2D eigenvalue weighted by molar-refractivity contribution is 8.00. The fraction of sp³-hybridized carbons (Fsp3) is 0.639. The molecular weight excluding hydrogens is 753 g/mol. The van der Waals surface area contributed by atoms with Gasteiger partial charge in [-0.2, -0.15) is 11.8 Å². The van der Waals surface area contributed by atoms with E-state index in [0.29, 0.717) is 30.2 Å². The fourth-order valence-electron chi connectivity index (χ4n) is 7.31. The summed E-state index contributed by atoms with van der Waals surface area (Å²) >= 11 is 1.83. The molecule has 4 rings (SSSR count). The number of fused-ring (bicyclic) bond motifs is 1. The van der Waals surface area contributed by atoms with Gasteiger partial charge in [0.05, 0.1) is 44.8 Å². The minimum atomic E-state index is -1.11. The number of benzene rings is 1. The molecule has 3 fully saturated rings. The predicted molar refractivity (Wildman–Crippen MR) is 206 cm³/mol. The third-order valence-electron chi connectivity index (χ3n) is 10.2. The SMILES string of the molecule is CN(CC(=O)Nc1ccc(C[C@H]2CN(CC(=O)O)CCN(CC(=O)O)CCN(CC(=O)O)CCN2CC(=O)O)cc1)C(=O)CCCC[C@@H]1SC[C@@H]2NC(=O)N[C@@H]21. The quantitative estimate of drug-likeness (QED) is 0.0714. The molecule has 3 aliphatic heterocycles. The van der Waals surface area contributed by atoms with E-state index in [1.54, 1.807) is 50.9 Å². The number of rotatable bonds is 18. The van der Waals surface area contributed by atoms with Crippen LogP contribution < -0.4 is 16.0 Å². The number of thioether (sulfide) groups is 1. The summed E-state index contributed by atoms with van der Waals surface area (Å²) in [7, 11) is 1.58. The molecule has 7 N–H and O–H groups in total. The normalized spacial score (nSPS) is 22.8. The summed E-state index contributed by atoms with van der Waals surface area (Å²) in [5.74, 6) is -4.01. The smallest absolute Gasteiger partial charge is 0.317 e. The van der Waals surface area contributed by atoms with Crippen LogP contribution in [0.15, 0.2) is 24.3 Å². The lowest BCUT2D eigenvalue weighted by atomic mass is 10.0. The van der Waals surface area contributed by atoms with Gasteiger partial charge in [-0.3, -0.25) is 48.4 Å². The second-order valence-corrected chi connectivity index (χ2v) is 15.8. The first kappa shape index (κ1) is 44.2. The second-order valence-electron chi connectivity index (χ2n) is 14.6. The largest absolute Gasteiger partial charge is 0.480 e. The number of unbranched alkanes of at least 4 members (excludes halogenated alkanes) is 1. The Bertz CT molecular complexity index is 1550. The molecule has 19 nitrogen and oxygen atoms in total. The molecule has 0 aliphatic carbocycles. The van der Waals surface area contributed by atoms with E-state index >= 15 is 0 Å². The van der Waals surface area contributed by atoms with Crippen LogP contribution in [0.3, 0.4) is 0 Å². The maximum atomic E-state index is 12.9. The maximum Gasteiger partial charge on any atom is 0.317 e. The van der Waals surface area contributed by atoms with E-state index in [1.807, 2.05) is 11.8 Å². The first-order valence-corrected chi connectivity index (χ1v) is 19.8. The van der Waals surface area contributed by atoms with Crippen LogP contribution in [-0.2, 0) is 35.2 Å². The number of hydrogen-bond donors (Lipinski definition) is 7. The Labute approximate surface area is 329 Å². The summed E-state index contributed by atoms with van der Waals surface area (Å²) in [6.45, 7) is -0.240. The van der Waals surface area contributed by atoms with Crippen molar-refractivity contribution < 1.29 is 54.0 Å². The Kier molecular flexibility index (Phi) is 17.1. The number of nitrogens with one attached hydrogen (secondary N) is 3. The van der Waals surface area contributed by atoms with E-state index in [2.05, 4.69) is 16.0 Å². The average Bonchev–Trinajstić information content (AvgIpc) is 3.67. The van der Waals surface area contributed by atoms with Crippen molar-refractivity contribution >= 4 is 59.2 Å². The molecule has 20 heteroatoms. The highest BCUT2D eigenvalue weighted by Crippen LogP contribution is 2.33. The summed E-state index contributed by atoms with van der Waals surface area (Å²) in [5.41, 5.74) is 1.25. The lowest BCUT2D eigenvalue weighted by molar-refractivity contribution is -0.142. The van der Waals surface area contributed by atoms with E-state index in [1.165, 1.54) is 4.90 Å². The molecule has 4 atom stereocenters. The molecule has 3 aliphatic rings. The number of urea groups is 1. The monoisotopic (exact) mass is 806 g/mol. The van der Waals surface area contributed by atoms with Gasteiger partial charge in [-0.1, -0.05) is 18.6 Å². The summed E-state index contributed by atoms with van der Waals surface area (Å²) in [5, 5.41) is 47.5. The number of aliphatic carboxylic acids is 4. The number of carbonyl (C=O) groups is 7. The van der Waals surface area contributed by atoms with Crippen LogP contribution in [0.25, 0.3) is 0 Å². The van der Waals surface area contributed by atoms with Crippen molar-refractivity contribution in [2.24, 2.45) is 0 Å². The summed E-state index contributed by atoms with van der Waals surface area (Å²) in [6, 6.07) is 6.53. The minimum Gasteiger partial charge on any atom is -0.480 e. The molecule has 0 unspecified atom stereocenters. The van der Waals surface area contributed by atoms with Gasteiger partial charge in [-0.15, -0.1) is 0 Å². The topological polar surface area (TPSA) is 253 Å². The van der Waals surface area contributed by atoms with Gasteiger partial charge in [-0.05, 0) is 37.0 Å². The zero-order valence-electron chi connectivity index (χ0n) is 31.6. The van der Waals surface area contributed by atoms with Crippen LogP contribution in [0.5, 0.6) is 0 Å². The number of carboxylic acid groups (broad SMARTS) is 4. The van der Waals surface area contributed by atoms with Crippen LogP contribution >= 0.6 is 11.8 Å². The number of carboxylic acids is 4. The molecule has 4 amide bonds. The van der Waals surface area contributed by atoms with Gasteiger partial charge in [0.2, 0.25) is 11.8 Å². The Balaban J connectivity index is 1.35. The van der Waals surface area contributed by atoms with Crippen molar-refractivity contribution in [3.63, 3.8) is 0 Å². The van der Waals surface area contributed by atoms with Crippen LogP contribution in [0.2, 0.25) is 0 Å². The maximum absolute atomic E-state index is 12.9. The zero-order valence-corrected chi connectivity index (χ0v) is 32.5. The summed E-state index contributed by atoms with van der Waals surface area (Å²) in [4.78, 5) is 92.3. The lowest BCUT2D eigenvalue weighted by Gasteiger charge is -2.37. The van der Waals surface area contributed by atoms with E-state index in [4.69, 9.17) is 0 Å². The molecule has 3 heterocycles. The molecular formula is C36H54N8O11S. The predicted octanol–water partition coefficient (Wildman–Crippen LogP) is -0.720. The summed E-state index contributed by atoms with van der Waals surface area (Å²) < 4.78 is 0. The molecule has 0 aromatic heterocycles. The molecule has 1 aromatic carbocycles. The van der Waals surface area contributed by atoms with Crippen molar-refractivity contribution in [2.45, 2.75) is 55.5 Å². The first-order valence-electron chi connectivity index (χ1n) is 18.7. The minimum absolute atomic E-state index is 0.118. The number of hydrogen-bond acceptors (Lipinski definition) is 12. The Morgan fingerprint density at radius 3 is 1.96 bits per heavy atom. The Morgan fingerprint density at radius 1 is 0.786 bits per heavy atom. The van der Waals surface area contributed by atoms with Crippen LogP contribution in [0.4, 0.5) is 10.5 Å².